The molecule has 0 heterocycles. The first-order valence-electron chi connectivity index (χ1n) is 10.0. The molecule has 0 nitrogen and oxygen atoms in total. The first kappa shape index (κ1) is 19.2. The zero-order valence-electron chi connectivity index (χ0n) is 18.2. The van der Waals surface area contributed by atoms with Gasteiger partial charge in [-0.15, -0.1) is 0 Å². The lowest BCUT2D eigenvalue weighted by atomic mass is 9.65. The molecular weight excluding hydrogens is 312 g/mol. The number of benzene rings is 2. The molecule has 0 atom stereocenters. The summed E-state index contributed by atoms with van der Waals surface area (Å²) in [6, 6.07) is 14.4. The fourth-order valence-electron chi connectivity index (χ4n) is 4.29. The summed E-state index contributed by atoms with van der Waals surface area (Å²) >= 11 is 0. The van der Waals surface area contributed by atoms with Gasteiger partial charge in [-0.1, -0.05) is 98.7 Å². The lowest BCUT2D eigenvalue weighted by Crippen LogP contribution is -2.27. The van der Waals surface area contributed by atoms with Gasteiger partial charge in [-0.3, -0.25) is 0 Å². The van der Waals surface area contributed by atoms with Crippen LogP contribution >= 0.6 is 0 Å². The van der Waals surface area contributed by atoms with Gasteiger partial charge >= 0.3 is 0 Å². The second-order valence-electron chi connectivity index (χ2n) is 11.3. The van der Waals surface area contributed by atoms with Crippen LogP contribution in [0.3, 0.4) is 0 Å². The van der Waals surface area contributed by atoms with Crippen molar-refractivity contribution in [1.29, 1.82) is 0 Å². The molecule has 0 spiro atoms. The minimum atomic E-state index is 0.186. The van der Waals surface area contributed by atoms with E-state index in [1.807, 2.05) is 0 Å². The van der Waals surface area contributed by atoms with Crippen LogP contribution in [0.4, 0.5) is 0 Å². The van der Waals surface area contributed by atoms with Gasteiger partial charge in [0.25, 0.3) is 0 Å². The Balaban J connectivity index is 2.23. The summed E-state index contributed by atoms with van der Waals surface area (Å²) < 4.78 is 0. The smallest absolute Gasteiger partial charge is 0.0144 e. The van der Waals surface area contributed by atoms with Crippen LogP contribution in [0.2, 0.25) is 0 Å². The zero-order valence-corrected chi connectivity index (χ0v) is 18.2. The molecule has 0 fully saturated rings. The maximum atomic E-state index is 2.50. The summed E-state index contributed by atoms with van der Waals surface area (Å²) in [6.45, 7) is 21.1. The molecule has 0 aromatic heterocycles. The van der Waals surface area contributed by atoms with Gasteiger partial charge in [0.2, 0.25) is 0 Å². The SMILES string of the molecule is CC(C)(C)c1ccc2c(c1)C(C(C)(C)C)c1cc(C(C)(C)C)ccc1C2. The first-order chi connectivity index (χ1) is 11.8. The molecule has 3 rings (SSSR count). The van der Waals surface area contributed by atoms with Crippen LogP contribution in [0.1, 0.15) is 102 Å². The Morgan fingerprint density at radius 2 is 1.00 bits per heavy atom. The van der Waals surface area contributed by atoms with E-state index in [1.54, 1.807) is 11.1 Å². The van der Waals surface area contributed by atoms with Crippen LogP contribution < -0.4 is 0 Å². The highest BCUT2D eigenvalue weighted by molar-refractivity contribution is 5.53. The largest absolute Gasteiger partial charge is 0.0593 e. The van der Waals surface area contributed by atoms with Gasteiger partial charge in [0.05, 0.1) is 0 Å². The van der Waals surface area contributed by atoms with Crippen molar-refractivity contribution in [2.75, 3.05) is 0 Å². The summed E-state index contributed by atoms with van der Waals surface area (Å²) in [5.74, 6) is 0.450. The van der Waals surface area contributed by atoms with Gasteiger partial charge in [0, 0.05) is 5.92 Å². The molecule has 140 valence electrons. The summed E-state index contributed by atoms with van der Waals surface area (Å²) in [4.78, 5) is 0. The van der Waals surface area contributed by atoms with Gasteiger partial charge < -0.3 is 0 Å². The Morgan fingerprint density at radius 1 is 0.615 bits per heavy atom. The van der Waals surface area contributed by atoms with Crippen molar-refractivity contribution in [2.45, 2.75) is 85.5 Å². The van der Waals surface area contributed by atoms with E-state index >= 15 is 0 Å². The van der Waals surface area contributed by atoms with Crippen molar-refractivity contribution in [3.63, 3.8) is 0 Å². The lowest BCUT2D eigenvalue weighted by molar-refractivity contribution is 0.352. The van der Waals surface area contributed by atoms with E-state index < -0.39 is 0 Å². The highest BCUT2D eigenvalue weighted by atomic mass is 14.4. The van der Waals surface area contributed by atoms with Gasteiger partial charge in [-0.2, -0.15) is 0 Å². The minimum absolute atomic E-state index is 0.186. The molecule has 0 aliphatic heterocycles. The third-order valence-electron chi connectivity index (χ3n) is 5.89. The van der Waals surface area contributed by atoms with Crippen LogP contribution in [0.5, 0.6) is 0 Å². The van der Waals surface area contributed by atoms with Gasteiger partial charge in [-0.05, 0) is 56.0 Å². The molecular formula is C26H36. The maximum absolute atomic E-state index is 2.50. The number of hydrogen-bond acceptors (Lipinski definition) is 0. The molecule has 1 aliphatic carbocycles. The Morgan fingerprint density at radius 3 is 1.31 bits per heavy atom. The highest BCUT2D eigenvalue weighted by Crippen LogP contribution is 2.48. The minimum Gasteiger partial charge on any atom is -0.0593 e. The summed E-state index contributed by atoms with van der Waals surface area (Å²) in [6.07, 6.45) is 1.06. The van der Waals surface area contributed by atoms with Crippen molar-refractivity contribution in [3.8, 4) is 0 Å². The highest BCUT2D eigenvalue weighted by Gasteiger charge is 2.35. The van der Waals surface area contributed by atoms with E-state index in [1.165, 1.54) is 22.3 Å². The number of rotatable bonds is 0. The molecule has 0 bridgehead atoms. The molecule has 1 aliphatic rings. The van der Waals surface area contributed by atoms with Gasteiger partial charge in [0.15, 0.2) is 0 Å². The third kappa shape index (κ3) is 3.48. The third-order valence-corrected chi connectivity index (χ3v) is 5.89. The van der Waals surface area contributed by atoms with Gasteiger partial charge in [0.1, 0.15) is 0 Å². The Bertz CT molecular complexity index is 753. The van der Waals surface area contributed by atoms with E-state index in [-0.39, 0.29) is 16.2 Å². The molecule has 2 aromatic rings. The standard InChI is InChI=1S/C26H36/c1-24(2,3)19-12-10-17-14-18-11-13-20(25(4,5)6)16-22(18)23(21(17)15-19)26(7,8)9/h10-13,15-16,23H,14H2,1-9H3. The van der Waals surface area contributed by atoms with Crippen LogP contribution in [0, 0.1) is 5.41 Å². The predicted molar refractivity (Wildman–Crippen MR) is 114 cm³/mol. The van der Waals surface area contributed by atoms with E-state index in [4.69, 9.17) is 0 Å². The Labute approximate surface area is 161 Å². The lowest BCUT2D eigenvalue weighted by Gasteiger charge is -2.39. The molecule has 0 heteroatoms. The number of hydrogen-bond donors (Lipinski definition) is 0. The van der Waals surface area contributed by atoms with Crippen molar-refractivity contribution in [1.82, 2.24) is 0 Å². The van der Waals surface area contributed by atoms with Crippen LogP contribution in [-0.4, -0.2) is 0 Å². The topological polar surface area (TPSA) is 0 Å². The van der Waals surface area contributed by atoms with Gasteiger partial charge in [-0.25, -0.2) is 0 Å². The average molecular weight is 349 g/mol. The summed E-state index contributed by atoms with van der Waals surface area (Å²) in [7, 11) is 0. The van der Waals surface area contributed by atoms with E-state index in [2.05, 4.69) is 98.7 Å². The fourth-order valence-corrected chi connectivity index (χ4v) is 4.29. The molecule has 0 saturated heterocycles. The number of fused-ring (bicyclic) bond motifs is 2. The average Bonchev–Trinajstić information content (AvgIpc) is 2.48. The molecule has 0 N–H and O–H groups in total. The normalized spacial score (nSPS) is 15.6. The summed E-state index contributed by atoms with van der Waals surface area (Å²) in [5.41, 5.74) is 9.56. The van der Waals surface area contributed by atoms with Crippen LogP contribution in [0.15, 0.2) is 36.4 Å². The fraction of sp³-hybridized carbons (Fsp3) is 0.538. The molecule has 0 saturated carbocycles. The van der Waals surface area contributed by atoms with Crippen molar-refractivity contribution < 1.29 is 0 Å². The molecule has 2 aromatic carbocycles. The van der Waals surface area contributed by atoms with E-state index in [0.29, 0.717) is 5.92 Å². The molecule has 0 radical (unpaired) electrons. The molecule has 26 heavy (non-hydrogen) atoms. The first-order valence-corrected chi connectivity index (χ1v) is 10.0. The quantitative estimate of drug-likeness (QED) is 0.466. The second kappa shape index (κ2) is 5.98. The van der Waals surface area contributed by atoms with E-state index in [9.17, 15) is 0 Å². The monoisotopic (exact) mass is 348 g/mol. The summed E-state index contributed by atoms with van der Waals surface area (Å²) in [5, 5.41) is 0. The van der Waals surface area contributed by atoms with Crippen molar-refractivity contribution in [3.05, 3.63) is 69.8 Å². The van der Waals surface area contributed by atoms with E-state index in [0.717, 1.165) is 6.42 Å². The Kier molecular flexibility index (Phi) is 4.42. The molecule has 0 unspecified atom stereocenters. The maximum Gasteiger partial charge on any atom is 0.0144 e. The molecule has 0 amide bonds. The second-order valence-corrected chi connectivity index (χ2v) is 11.3. The van der Waals surface area contributed by atoms with Crippen LogP contribution in [-0.2, 0) is 17.3 Å². The predicted octanol–water partition coefficient (Wildman–Crippen LogP) is 7.36. The van der Waals surface area contributed by atoms with Crippen molar-refractivity contribution >= 4 is 0 Å². The van der Waals surface area contributed by atoms with Crippen molar-refractivity contribution in [2.24, 2.45) is 5.41 Å². The Hall–Kier alpha value is -1.56. The zero-order chi connectivity index (χ0) is 19.5. The van der Waals surface area contributed by atoms with Crippen LogP contribution in [0.25, 0.3) is 0 Å².